The molecule has 0 unspecified atom stereocenters. The molecule has 2 aromatic carbocycles. The van der Waals surface area contributed by atoms with Crippen LogP contribution in [-0.4, -0.2) is 73.0 Å². The Labute approximate surface area is 191 Å². The number of likely N-dealkylation sites (tertiary alicyclic amines) is 1. The Morgan fingerprint density at radius 3 is 2.03 bits per heavy atom. The Morgan fingerprint density at radius 1 is 1.00 bits per heavy atom. The summed E-state index contributed by atoms with van der Waals surface area (Å²) in [6.45, 7) is 11.2. The summed E-state index contributed by atoms with van der Waals surface area (Å²) in [5.41, 5.74) is 1.94. The predicted molar refractivity (Wildman–Crippen MR) is 126 cm³/mol. The summed E-state index contributed by atoms with van der Waals surface area (Å²) in [5.74, 6) is 0. The zero-order valence-corrected chi connectivity index (χ0v) is 19.4. The van der Waals surface area contributed by atoms with Crippen LogP contribution in [0.4, 0.5) is 4.79 Å². The summed E-state index contributed by atoms with van der Waals surface area (Å²) >= 11 is 0. The van der Waals surface area contributed by atoms with Crippen LogP contribution in [0.2, 0.25) is 0 Å². The number of morpholine rings is 1. The van der Waals surface area contributed by atoms with Crippen molar-refractivity contribution in [1.82, 2.24) is 15.1 Å². The Bertz CT molecular complexity index is 831. The van der Waals surface area contributed by atoms with Gasteiger partial charge >= 0.3 is 6.09 Å². The molecule has 0 saturated carbocycles. The van der Waals surface area contributed by atoms with Crippen molar-refractivity contribution in [2.75, 3.05) is 45.9 Å². The van der Waals surface area contributed by atoms with Crippen molar-refractivity contribution in [3.8, 4) is 0 Å². The molecule has 4 rings (SSSR count). The number of carbonyl (C=O) groups is 1. The molecule has 0 atom stereocenters. The van der Waals surface area contributed by atoms with Gasteiger partial charge in [-0.05, 0) is 31.9 Å². The van der Waals surface area contributed by atoms with Gasteiger partial charge in [-0.15, -0.1) is 0 Å². The zero-order chi connectivity index (χ0) is 22.6. The number of nitrogens with zero attached hydrogens (tertiary/aromatic N) is 2. The number of hydrogen-bond acceptors (Lipinski definition) is 5. The van der Waals surface area contributed by atoms with E-state index in [4.69, 9.17) is 9.47 Å². The standard InChI is InChI=1S/C26H35N3O3/c1-25(2,3)32-24(30)27-18-26(29-14-16-31-17-15-29)19-28(20-26)23(21-10-6-4-7-11-21)22-12-8-5-9-13-22/h4-13,23H,14-20H2,1-3H3,(H,27,30). The smallest absolute Gasteiger partial charge is 0.407 e. The maximum atomic E-state index is 12.4. The number of rotatable bonds is 6. The molecule has 2 aromatic rings. The summed E-state index contributed by atoms with van der Waals surface area (Å²) in [7, 11) is 0. The number of nitrogens with one attached hydrogen (secondary N) is 1. The Hall–Kier alpha value is -2.41. The fraction of sp³-hybridized carbons (Fsp3) is 0.500. The Balaban J connectivity index is 1.53. The molecule has 1 N–H and O–H groups in total. The van der Waals surface area contributed by atoms with Crippen molar-refractivity contribution in [3.05, 3.63) is 71.8 Å². The Morgan fingerprint density at radius 2 is 1.53 bits per heavy atom. The number of benzene rings is 2. The molecule has 6 nitrogen and oxygen atoms in total. The van der Waals surface area contributed by atoms with E-state index in [0.29, 0.717) is 6.54 Å². The highest BCUT2D eigenvalue weighted by atomic mass is 16.6. The highest BCUT2D eigenvalue weighted by Crippen LogP contribution is 2.38. The molecule has 0 spiro atoms. The Kier molecular flexibility index (Phi) is 6.84. The SMILES string of the molecule is CC(C)(C)OC(=O)NCC1(N2CCOCC2)CN(C(c2ccccc2)c2ccccc2)C1. The van der Waals surface area contributed by atoms with Crippen LogP contribution in [-0.2, 0) is 9.47 Å². The molecule has 0 aliphatic carbocycles. The lowest BCUT2D eigenvalue weighted by molar-refractivity contribution is -0.103. The molecule has 32 heavy (non-hydrogen) atoms. The molecule has 0 bridgehead atoms. The number of alkyl carbamates (subject to hydrolysis) is 1. The lowest BCUT2D eigenvalue weighted by atomic mass is 9.82. The first-order valence-electron chi connectivity index (χ1n) is 11.5. The molecule has 1 amide bonds. The normalized spacial score (nSPS) is 19.4. The van der Waals surface area contributed by atoms with Gasteiger partial charge in [-0.3, -0.25) is 9.80 Å². The summed E-state index contributed by atoms with van der Waals surface area (Å²) in [4.78, 5) is 17.4. The maximum Gasteiger partial charge on any atom is 0.407 e. The predicted octanol–water partition coefficient (Wildman–Crippen LogP) is 3.69. The van der Waals surface area contributed by atoms with Gasteiger partial charge < -0.3 is 14.8 Å². The topological polar surface area (TPSA) is 54.0 Å². The first-order valence-corrected chi connectivity index (χ1v) is 11.5. The van der Waals surface area contributed by atoms with Gasteiger partial charge in [0.2, 0.25) is 0 Å². The van der Waals surface area contributed by atoms with Gasteiger partial charge in [-0.25, -0.2) is 4.79 Å². The van der Waals surface area contributed by atoms with Crippen molar-refractivity contribution in [3.63, 3.8) is 0 Å². The third kappa shape index (κ3) is 5.31. The van der Waals surface area contributed by atoms with Gasteiger partial charge in [-0.1, -0.05) is 60.7 Å². The summed E-state index contributed by atoms with van der Waals surface area (Å²) in [6, 6.07) is 21.5. The van der Waals surface area contributed by atoms with Crippen LogP contribution in [0.25, 0.3) is 0 Å². The van der Waals surface area contributed by atoms with Gasteiger partial charge in [0.05, 0.1) is 24.8 Å². The van der Waals surface area contributed by atoms with Gasteiger partial charge in [0.15, 0.2) is 0 Å². The van der Waals surface area contributed by atoms with E-state index >= 15 is 0 Å². The summed E-state index contributed by atoms with van der Waals surface area (Å²) in [5, 5.41) is 3.05. The minimum atomic E-state index is -0.506. The van der Waals surface area contributed by atoms with Crippen molar-refractivity contribution in [2.45, 2.75) is 38.0 Å². The second kappa shape index (κ2) is 9.61. The molecule has 2 saturated heterocycles. The average Bonchev–Trinajstić information content (AvgIpc) is 2.76. The number of ether oxygens (including phenoxy) is 2. The van der Waals surface area contributed by atoms with Crippen LogP contribution in [0, 0.1) is 0 Å². The molecular weight excluding hydrogens is 402 g/mol. The van der Waals surface area contributed by atoms with Gasteiger partial charge in [-0.2, -0.15) is 0 Å². The van der Waals surface area contributed by atoms with E-state index in [0.717, 1.165) is 39.4 Å². The average molecular weight is 438 g/mol. The van der Waals surface area contributed by atoms with E-state index in [9.17, 15) is 4.79 Å². The van der Waals surface area contributed by atoms with Crippen LogP contribution in [0.3, 0.4) is 0 Å². The monoisotopic (exact) mass is 437 g/mol. The minimum Gasteiger partial charge on any atom is -0.444 e. The highest BCUT2D eigenvalue weighted by Gasteiger charge is 2.50. The van der Waals surface area contributed by atoms with Gasteiger partial charge in [0.1, 0.15) is 5.60 Å². The lowest BCUT2D eigenvalue weighted by Gasteiger charge is -2.59. The molecule has 172 valence electrons. The second-order valence-corrected chi connectivity index (χ2v) is 9.81. The quantitative estimate of drug-likeness (QED) is 0.747. The lowest BCUT2D eigenvalue weighted by Crippen LogP contribution is -2.75. The van der Waals surface area contributed by atoms with Crippen molar-refractivity contribution >= 4 is 6.09 Å². The fourth-order valence-electron chi connectivity index (χ4n) is 4.79. The molecule has 2 heterocycles. The minimum absolute atomic E-state index is 0.123. The molecule has 2 aliphatic rings. The van der Waals surface area contributed by atoms with Crippen LogP contribution in [0.1, 0.15) is 37.9 Å². The zero-order valence-electron chi connectivity index (χ0n) is 19.4. The van der Waals surface area contributed by atoms with Gasteiger partial charge in [0.25, 0.3) is 0 Å². The van der Waals surface area contributed by atoms with Crippen LogP contribution < -0.4 is 5.32 Å². The van der Waals surface area contributed by atoms with Crippen molar-refractivity contribution in [1.29, 1.82) is 0 Å². The summed E-state index contributed by atoms with van der Waals surface area (Å²) < 4.78 is 11.1. The molecule has 6 heteroatoms. The number of hydrogen-bond donors (Lipinski definition) is 1. The number of amides is 1. The van der Waals surface area contributed by atoms with E-state index in [2.05, 4.69) is 75.8 Å². The van der Waals surface area contributed by atoms with Crippen molar-refractivity contribution in [2.24, 2.45) is 0 Å². The molecule has 0 radical (unpaired) electrons. The number of carbonyl (C=O) groups excluding carboxylic acids is 1. The van der Waals surface area contributed by atoms with E-state index in [1.54, 1.807) is 0 Å². The van der Waals surface area contributed by atoms with Crippen molar-refractivity contribution < 1.29 is 14.3 Å². The van der Waals surface area contributed by atoms with Crippen LogP contribution in [0.5, 0.6) is 0 Å². The van der Waals surface area contributed by atoms with E-state index in [-0.39, 0.29) is 17.7 Å². The summed E-state index contributed by atoms with van der Waals surface area (Å²) in [6.07, 6.45) is -0.355. The third-order valence-corrected chi connectivity index (χ3v) is 6.23. The van der Waals surface area contributed by atoms with E-state index < -0.39 is 5.60 Å². The van der Waals surface area contributed by atoms with E-state index in [1.807, 2.05) is 20.8 Å². The van der Waals surface area contributed by atoms with Crippen LogP contribution >= 0.6 is 0 Å². The third-order valence-electron chi connectivity index (χ3n) is 6.23. The molecule has 0 aromatic heterocycles. The second-order valence-electron chi connectivity index (χ2n) is 9.81. The first-order chi connectivity index (χ1) is 15.4. The highest BCUT2D eigenvalue weighted by molar-refractivity contribution is 5.67. The van der Waals surface area contributed by atoms with Gasteiger partial charge in [0, 0.05) is 32.7 Å². The first kappa shape index (κ1) is 22.8. The maximum absolute atomic E-state index is 12.4. The van der Waals surface area contributed by atoms with E-state index in [1.165, 1.54) is 11.1 Å². The molecule has 2 fully saturated rings. The van der Waals surface area contributed by atoms with Crippen LogP contribution in [0.15, 0.2) is 60.7 Å². The fourth-order valence-corrected chi connectivity index (χ4v) is 4.79. The molecule has 2 aliphatic heterocycles. The largest absolute Gasteiger partial charge is 0.444 e. The molecular formula is C26H35N3O3.